The summed E-state index contributed by atoms with van der Waals surface area (Å²) in [7, 11) is -4.42. The number of sulfone groups is 1. The van der Waals surface area contributed by atoms with E-state index in [-0.39, 0.29) is 41.3 Å². The van der Waals surface area contributed by atoms with Gasteiger partial charge in [-0.05, 0) is 40.7 Å². The number of carboxylic acids is 1. The van der Waals surface area contributed by atoms with Gasteiger partial charge in [-0.3, -0.25) is 9.59 Å². The van der Waals surface area contributed by atoms with Crippen molar-refractivity contribution in [1.82, 2.24) is 0 Å². The Morgan fingerprint density at radius 1 is 1.02 bits per heavy atom. The van der Waals surface area contributed by atoms with Crippen LogP contribution in [0.15, 0.2) is 84.1 Å². The van der Waals surface area contributed by atoms with Gasteiger partial charge in [-0.25, -0.2) is 12.8 Å². The topological polar surface area (TPSA) is 110 Å². The van der Waals surface area contributed by atoms with Crippen LogP contribution in [0.1, 0.15) is 54.5 Å². The number of fused-ring (bicyclic) bond motifs is 1. The van der Waals surface area contributed by atoms with Crippen LogP contribution in [0.2, 0.25) is 0 Å². The Hall–Kier alpha value is -3.98. The zero-order chi connectivity index (χ0) is 28.7. The lowest BCUT2D eigenvalue weighted by atomic mass is 9.71. The molecule has 2 unspecified atom stereocenters. The van der Waals surface area contributed by atoms with Crippen molar-refractivity contribution in [2.75, 3.05) is 11.1 Å². The van der Waals surface area contributed by atoms with E-state index in [1.807, 2.05) is 44.2 Å². The number of anilines is 1. The van der Waals surface area contributed by atoms with Crippen LogP contribution in [-0.2, 0) is 26.0 Å². The first kappa shape index (κ1) is 27.6. The Morgan fingerprint density at radius 3 is 2.42 bits per heavy atom. The summed E-state index contributed by atoms with van der Waals surface area (Å²) in [6.07, 6.45) is 0.580. The van der Waals surface area contributed by atoms with Crippen LogP contribution in [0.25, 0.3) is 0 Å². The number of hydrogen-bond acceptors (Lipinski definition) is 6. The fraction of sp³-hybridized carbons (Fsp3) is 0.290. The molecule has 3 aromatic carbocycles. The fourth-order valence-electron chi connectivity index (χ4n) is 5.73. The number of halogens is 1. The van der Waals surface area contributed by atoms with Gasteiger partial charge in [0.15, 0.2) is 15.6 Å². The highest BCUT2D eigenvalue weighted by atomic mass is 32.2. The number of carbonyl (C=O) groups excluding carboxylic acids is 1. The lowest BCUT2D eigenvalue weighted by Crippen LogP contribution is -2.33. The van der Waals surface area contributed by atoms with Crippen LogP contribution < -0.4 is 10.1 Å². The minimum absolute atomic E-state index is 0.00918. The van der Waals surface area contributed by atoms with Gasteiger partial charge in [0.1, 0.15) is 29.2 Å². The number of aliphatic carboxylic acids is 1. The highest BCUT2D eigenvalue weighted by Gasteiger charge is 2.48. The minimum Gasteiger partial charge on any atom is -0.489 e. The molecule has 1 aliphatic carbocycles. The SMILES string of the molecule is CC1(C)CC(=O)C2=C(C1)Nc1ccccc1C(S(=O)(=O)CC(=O)O)C2c1ccc(OCc2ccccc2)cc1F. The number of carboxylic acid groups (broad SMARTS) is 1. The summed E-state index contributed by atoms with van der Waals surface area (Å²) in [6.45, 7) is 4.10. The summed E-state index contributed by atoms with van der Waals surface area (Å²) in [6, 6.07) is 20.2. The van der Waals surface area contributed by atoms with Crippen molar-refractivity contribution in [1.29, 1.82) is 0 Å². The fourth-order valence-corrected chi connectivity index (χ4v) is 7.55. The first-order valence-corrected chi connectivity index (χ1v) is 14.7. The average molecular weight is 564 g/mol. The van der Waals surface area contributed by atoms with E-state index in [1.54, 1.807) is 30.3 Å². The van der Waals surface area contributed by atoms with E-state index < -0.39 is 44.0 Å². The number of Topliss-reactive ketones (excluding diaryl/α,β-unsaturated/α-hetero) is 1. The number of ether oxygens (including phenoxy) is 1. The second kappa shape index (κ2) is 10.5. The maximum Gasteiger partial charge on any atom is 0.318 e. The Balaban J connectivity index is 1.67. The molecule has 5 rings (SSSR count). The molecule has 3 aromatic rings. The highest BCUT2D eigenvalue weighted by molar-refractivity contribution is 7.92. The molecule has 0 aromatic heterocycles. The van der Waals surface area contributed by atoms with Crippen LogP contribution in [0.3, 0.4) is 0 Å². The predicted molar refractivity (Wildman–Crippen MR) is 149 cm³/mol. The number of carbonyl (C=O) groups is 2. The molecule has 0 amide bonds. The molecule has 0 fully saturated rings. The van der Waals surface area contributed by atoms with Crippen molar-refractivity contribution in [2.45, 2.75) is 44.5 Å². The van der Waals surface area contributed by atoms with Crippen LogP contribution in [-0.4, -0.2) is 31.0 Å². The van der Waals surface area contributed by atoms with Crippen molar-refractivity contribution < 1.29 is 32.2 Å². The normalized spacial score (nSPS) is 20.1. The molecular formula is C31H30FNO6S. The number of allylic oxidation sites excluding steroid dienone is 2. The smallest absolute Gasteiger partial charge is 0.318 e. The van der Waals surface area contributed by atoms with Gasteiger partial charge in [0, 0.05) is 35.4 Å². The second-order valence-electron chi connectivity index (χ2n) is 11.1. The molecule has 2 N–H and O–H groups in total. The number of rotatable bonds is 7. The summed E-state index contributed by atoms with van der Waals surface area (Å²) in [5, 5.41) is 11.3. The number of benzene rings is 3. The molecule has 7 nitrogen and oxygen atoms in total. The maximum atomic E-state index is 16.0. The Morgan fingerprint density at radius 2 is 1.73 bits per heavy atom. The molecule has 208 valence electrons. The van der Waals surface area contributed by atoms with Crippen LogP contribution in [0.5, 0.6) is 5.75 Å². The van der Waals surface area contributed by atoms with Gasteiger partial charge in [-0.2, -0.15) is 0 Å². The predicted octanol–water partition coefficient (Wildman–Crippen LogP) is 5.80. The average Bonchev–Trinajstić information content (AvgIpc) is 3.01. The standard InChI is InChI=1S/C31H30FNO6S/c1-31(2)15-25-29(26(34)16-31)28(21-13-12-20(14-23(21)32)39-17-19-8-4-3-5-9-19)30(40(37,38)18-27(35)36)22-10-6-7-11-24(22)33-25/h3-14,28,30,33H,15-18H2,1-2H3,(H,35,36). The molecule has 0 spiro atoms. The van der Waals surface area contributed by atoms with E-state index in [1.165, 1.54) is 12.1 Å². The Bertz CT molecular complexity index is 1610. The van der Waals surface area contributed by atoms with E-state index in [2.05, 4.69) is 5.32 Å². The molecule has 1 heterocycles. The highest BCUT2D eigenvalue weighted by Crippen LogP contribution is 2.53. The first-order valence-electron chi connectivity index (χ1n) is 13.0. The van der Waals surface area contributed by atoms with Crippen molar-refractivity contribution in [2.24, 2.45) is 5.41 Å². The molecule has 1 aliphatic heterocycles. The first-order chi connectivity index (χ1) is 18.9. The monoisotopic (exact) mass is 563 g/mol. The van der Waals surface area contributed by atoms with E-state index in [0.29, 0.717) is 17.8 Å². The van der Waals surface area contributed by atoms with Gasteiger partial charge in [-0.15, -0.1) is 0 Å². The van der Waals surface area contributed by atoms with E-state index in [0.717, 1.165) is 5.56 Å². The molecular weight excluding hydrogens is 533 g/mol. The van der Waals surface area contributed by atoms with Crippen LogP contribution in [0.4, 0.5) is 10.1 Å². The Labute approximate surface area is 232 Å². The lowest BCUT2D eigenvalue weighted by molar-refractivity contribution is -0.134. The third kappa shape index (κ3) is 5.51. The summed E-state index contributed by atoms with van der Waals surface area (Å²) < 4.78 is 49.3. The van der Waals surface area contributed by atoms with Gasteiger partial charge < -0.3 is 15.2 Å². The molecule has 0 saturated carbocycles. The summed E-state index contributed by atoms with van der Waals surface area (Å²) in [5.41, 5.74) is 1.91. The molecule has 9 heteroatoms. The quantitative estimate of drug-likeness (QED) is 0.374. The Kier molecular flexibility index (Phi) is 7.27. The second-order valence-corrected chi connectivity index (χ2v) is 13.2. The zero-order valence-electron chi connectivity index (χ0n) is 22.2. The molecule has 0 saturated heterocycles. The van der Waals surface area contributed by atoms with Crippen molar-refractivity contribution in [3.8, 4) is 5.75 Å². The molecule has 0 bridgehead atoms. The number of para-hydroxylation sites is 1. The van der Waals surface area contributed by atoms with Gasteiger partial charge in [0.25, 0.3) is 0 Å². The number of ketones is 1. The lowest BCUT2D eigenvalue weighted by Gasteiger charge is -2.35. The van der Waals surface area contributed by atoms with E-state index in [9.17, 15) is 23.1 Å². The molecule has 2 atom stereocenters. The number of hydrogen-bond donors (Lipinski definition) is 2. The third-order valence-corrected chi connectivity index (χ3v) is 9.30. The van der Waals surface area contributed by atoms with E-state index in [4.69, 9.17) is 4.74 Å². The summed E-state index contributed by atoms with van der Waals surface area (Å²) >= 11 is 0. The van der Waals surface area contributed by atoms with Crippen molar-refractivity contribution in [3.05, 3.63) is 107 Å². The molecule has 40 heavy (non-hydrogen) atoms. The van der Waals surface area contributed by atoms with Crippen LogP contribution in [0, 0.1) is 11.2 Å². The van der Waals surface area contributed by atoms with Gasteiger partial charge in [0.2, 0.25) is 0 Å². The van der Waals surface area contributed by atoms with Crippen LogP contribution >= 0.6 is 0 Å². The third-order valence-electron chi connectivity index (χ3n) is 7.35. The largest absolute Gasteiger partial charge is 0.489 e. The van der Waals surface area contributed by atoms with Crippen molar-refractivity contribution >= 4 is 27.3 Å². The van der Waals surface area contributed by atoms with Gasteiger partial charge in [0.05, 0.1) is 0 Å². The maximum absolute atomic E-state index is 16.0. The van der Waals surface area contributed by atoms with E-state index >= 15 is 4.39 Å². The van der Waals surface area contributed by atoms with Crippen molar-refractivity contribution in [3.63, 3.8) is 0 Å². The zero-order valence-corrected chi connectivity index (χ0v) is 23.0. The summed E-state index contributed by atoms with van der Waals surface area (Å²) in [5.74, 6) is -4.74. The summed E-state index contributed by atoms with van der Waals surface area (Å²) in [4.78, 5) is 25.4. The number of nitrogens with one attached hydrogen (secondary N) is 1. The minimum atomic E-state index is -4.42. The molecule has 2 aliphatic rings. The van der Waals surface area contributed by atoms with Gasteiger partial charge >= 0.3 is 5.97 Å². The van der Waals surface area contributed by atoms with Gasteiger partial charge in [-0.1, -0.05) is 68.4 Å². The molecule has 0 radical (unpaired) electrons.